The first-order valence-corrected chi connectivity index (χ1v) is 7.81. The first kappa shape index (κ1) is 18.7. The van der Waals surface area contributed by atoms with E-state index in [1.165, 1.54) is 0 Å². The van der Waals surface area contributed by atoms with Crippen molar-refractivity contribution >= 4 is 18.3 Å². The van der Waals surface area contributed by atoms with Gasteiger partial charge in [-0.15, -0.1) is 12.4 Å². The van der Waals surface area contributed by atoms with Gasteiger partial charge in [0.05, 0.1) is 12.1 Å². The highest BCUT2D eigenvalue weighted by atomic mass is 35.5. The summed E-state index contributed by atoms with van der Waals surface area (Å²) in [4.78, 5) is 14.3. The lowest BCUT2D eigenvalue weighted by Gasteiger charge is -2.29. The molecule has 2 atom stereocenters. The molecule has 0 spiro atoms. The minimum absolute atomic E-state index is 0. The Morgan fingerprint density at radius 1 is 1.33 bits per heavy atom. The van der Waals surface area contributed by atoms with Crippen LogP contribution in [-0.2, 0) is 14.3 Å². The van der Waals surface area contributed by atoms with Crippen molar-refractivity contribution in [1.29, 1.82) is 0 Å². The molecular formula is C15H29ClN2O3. The standard InChI is InChI=1S/C15H28N2O3.ClH/c1-11(2)10-20-13-3-6-17(9-13)15(18)14(16)12-4-7-19-8-5-12;/h11-14H,3-10,16H2,1-2H3;1H. The van der Waals surface area contributed by atoms with Crippen molar-refractivity contribution in [3.8, 4) is 0 Å². The number of hydrogen-bond donors (Lipinski definition) is 1. The van der Waals surface area contributed by atoms with Crippen LogP contribution in [0.3, 0.4) is 0 Å². The van der Waals surface area contributed by atoms with Gasteiger partial charge in [0.1, 0.15) is 0 Å². The normalized spacial score (nSPS) is 25.0. The molecular weight excluding hydrogens is 292 g/mol. The number of nitrogens with two attached hydrogens (primary N) is 1. The molecule has 6 heteroatoms. The van der Waals surface area contributed by atoms with Gasteiger partial charge < -0.3 is 20.1 Å². The zero-order valence-electron chi connectivity index (χ0n) is 13.1. The molecule has 2 heterocycles. The fourth-order valence-electron chi connectivity index (χ4n) is 2.88. The van der Waals surface area contributed by atoms with Crippen LogP contribution in [0.1, 0.15) is 33.1 Å². The fourth-order valence-corrected chi connectivity index (χ4v) is 2.88. The van der Waals surface area contributed by atoms with E-state index in [0.29, 0.717) is 12.5 Å². The van der Waals surface area contributed by atoms with Crippen LogP contribution < -0.4 is 5.73 Å². The average Bonchev–Trinajstić information content (AvgIpc) is 2.93. The van der Waals surface area contributed by atoms with Crippen molar-refractivity contribution in [2.75, 3.05) is 32.9 Å². The van der Waals surface area contributed by atoms with Crippen LogP contribution in [0.4, 0.5) is 0 Å². The monoisotopic (exact) mass is 320 g/mol. The SMILES string of the molecule is CC(C)COC1CCN(C(=O)C(N)C2CCOCC2)C1.Cl. The second-order valence-electron chi connectivity index (χ2n) is 6.40. The van der Waals surface area contributed by atoms with Crippen molar-refractivity contribution in [3.63, 3.8) is 0 Å². The van der Waals surface area contributed by atoms with Gasteiger partial charge in [0.25, 0.3) is 0 Å². The van der Waals surface area contributed by atoms with E-state index in [9.17, 15) is 4.79 Å². The fraction of sp³-hybridized carbons (Fsp3) is 0.933. The Bertz CT molecular complexity index is 322. The van der Waals surface area contributed by atoms with Gasteiger partial charge >= 0.3 is 0 Å². The molecule has 0 aliphatic carbocycles. The Hall–Kier alpha value is -0.360. The smallest absolute Gasteiger partial charge is 0.239 e. The van der Waals surface area contributed by atoms with Crippen molar-refractivity contribution in [2.24, 2.45) is 17.6 Å². The molecule has 2 saturated heterocycles. The van der Waals surface area contributed by atoms with Crippen LogP contribution in [0.2, 0.25) is 0 Å². The molecule has 0 radical (unpaired) electrons. The molecule has 0 saturated carbocycles. The summed E-state index contributed by atoms with van der Waals surface area (Å²) in [6, 6.07) is -0.372. The highest BCUT2D eigenvalue weighted by Gasteiger charge is 2.34. The number of rotatable bonds is 5. The van der Waals surface area contributed by atoms with E-state index in [1.807, 2.05) is 4.90 Å². The summed E-state index contributed by atoms with van der Waals surface area (Å²) in [5, 5.41) is 0. The second kappa shape index (κ2) is 8.93. The zero-order chi connectivity index (χ0) is 14.5. The summed E-state index contributed by atoms with van der Waals surface area (Å²) in [5.74, 6) is 0.892. The predicted molar refractivity (Wildman–Crippen MR) is 84.5 cm³/mol. The van der Waals surface area contributed by atoms with Crippen LogP contribution in [0, 0.1) is 11.8 Å². The Balaban J connectivity index is 0.00000220. The number of nitrogens with zero attached hydrogens (tertiary/aromatic N) is 1. The Morgan fingerprint density at radius 3 is 2.62 bits per heavy atom. The molecule has 21 heavy (non-hydrogen) atoms. The molecule has 5 nitrogen and oxygen atoms in total. The molecule has 2 aliphatic heterocycles. The van der Waals surface area contributed by atoms with Crippen molar-refractivity contribution in [3.05, 3.63) is 0 Å². The maximum atomic E-state index is 12.4. The zero-order valence-corrected chi connectivity index (χ0v) is 13.9. The molecule has 0 aromatic heterocycles. The highest BCUT2D eigenvalue weighted by molar-refractivity contribution is 5.85. The molecule has 2 unspecified atom stereocenters. The predicted octanol–water partition coefficient (Wildman–Crippen LogP) is 1.44. The highest BCUT2D eigenvalue weighted by Crippen LogP contribution is 2.21. The van der Waals surface area contributed by atoms with E-state index in [0.717, 1.165) is 45.6 Å². The number of carbonyl (C=O) groups excluding carboxylic acids is 1. The Morgan fingerprint density at radius 2 is 2.00 bits per heavy atom. The molecule has 2 rings (SSSR count). The van der Waals surface area contributed by atoms with Gasteiger partial charge in [-0.2, -0.15) is 0 Å². The van der Waals surface area contributed by atoms with E-state index < -0.39 is 0 Å². The number of halogens is 1. The topological polar surface area (TPSA) is 64.8 Å². The van der Waals surface area contributed by atoms with E-state index in [4.69, 9.17) is 15.2 Å². The number of likely N-dealkylation sites (tertiary alicyclic amines) is 1. The Labute approximate surface area is 133 Å². The molecule has 2 N–H and O–H groups in total. The lowest BCUT2D eigenvalue weighted by molar-refractivity contribution is -0.134. The summed E-state index contributed by atoms with van der Waals surface area (Å²) in [7, 11) is 0. The molecule has 2 fully saturated rings. The summed E-state index contributed by atoms with van der Waals surface area (Å²) >= 11 is 0. The molecule has 2 aliphatic rings. The third-order valence-corrected chi connectivity index (χ3v) is 4.18. The van der Waals surface area contributed by atoms with Gasteiger partial charge in [0, 0.05) is 32.9 Å². The number of amides is 1. The van der Waals surface area contributed by atoms with Gasteiger partial charge in [-0.25, -0.2) is 0 Å². The lowest BCUT2D eigenvalue weighted by atomic mass is 9.91. The third-order valence-electron chi connectivity index (χ3n) is 4.18. The van der Waals surface area contributed by atoms with Crippen LogP contribution in [0.15, 0.2) is 0 Å². The summed E-state index contributed by atoms with van der Waals surface area (Å²) < 4.78 is 11.1. The van der Waals surface area contributed by atoms with Crippen LogP contribution >= 0.6 is 12.4 Å². The first-order valence-electron chi connectivity index (χ1n) is 7.81. The molecule has 1 amide bonds. The van der Waals surface area contributed by atoms with Crippen LogP contribution in [0.25, 0.3) is 0 Å². The molecule has 0 aromatic rings. The largest absolute Gasteiger partial charge is 0.381 e. The first-order chi connectivity index (χ1) is 9.58. The maximum Gasteiger partial charge on any atom is 0.239 e. The van der Waals surface area contributed by atoms with Gasteiger partial charge in [-0.05, 0) is 31.1 Å². The summed E-state index contributed by atoms with van der Waals surface area (Å²) in [6.07, 6.45) is 2.91. The van der Waals surface area contributed by atoms with E-state index in [1.54, 1.807) is 0 Å². The Kier molecular flexibility index (Phi) is 7.95. The summed E-state index contributed by atoms with van der Waals surface area (Å²) in [5.41, 5.74) is 6.15. The minimum Gasteiger partial charge on any atom is -0.381 e. The van der Waals surface area contributed by atoms with Gasteiger partial charge in [0.2, 0.25) is 5.91 Å². The van der Waals surface area contributed by atoms with Crippen LogP contribution in [0.5, 0.6) is 0 Å². The number of ether oxygens (including phenoxy) is 2. The second-order valence-corrected chi connectivity index (χ2v) is 6.40. The van der Waals surface area contributed by atoms with E-state index in [2.05, 4.69) is 13.8 Å². The van der Waals surface area contributed by atoms with E-state index in [-0.39, 0.29) is 36.4 Å². The van der Waals surface area contributed by atoms with Gasteiger partial charge in [-0.1, -0.05) is 13.8 Å². The quantitative estimate of drug-likeness (QED) is 0.832. The summed E-state index contributed by atoms with van der Waals surface area (Å²) in [6.45, 7) is 7.97. The van der Waals surface area contributed by atoms with Crippen LogP contribution in [-0.4, -0.2) is 55.9 Å². The van der Waals surface area contributed by atoms with Gasteiger partial charge in [-0.3, -0.25) is 4.79 Å². The van der Waals surface area contributed by atoms with Gasteiger partial charge in [0.15, 0.2) is 0 Å². The lowest BCUT2D eigenvalue weighted by Crippen LogP contribution is -2.48. The average molecular weight is 321 g/mol. The number of carbonyl (C=O) groups is 1. The van der Waals surface area contributed by atoms with Crippen molar-refractivity contribution < 1.29 is 14.3 Å². The minimum atomic E-state index is -0.372. The number of hydrogen-bond acceptors (Lipinski definition) is 4. The van der Waals surface area contributed by atoms with E-state index >= 15 is 0 Å². The molecule has 124 valence electrons. The third kappa shape index (κ3) is 5.40. The maximum absolute atomic E-state index is 12.4. The van der Waals surface area contributed by atoms with Crippen molar-refractivity contribution in [2.45, 2.75) is 45.3 Å². The van der Waals surface area contributed by atoms with Crippen molar-refractivity contribution in [1.82, 2.24) is 4.90 Å². The molecule has 0 bridgehead atoms. The molecule has 0 aromatic carbocycles.